The minimum absolute atomic E-state index is 0.190. The number of aryl methyl sites for hydroxylation is 2. The minimum Gasteiger partial charge on any atom is -0.493 e. The van der Waals surface area contributed by atoms with Crippen molar-refractivity contribution in [2.24, 2.45) is 5.41 Å². The molecule has 0 radical (unpaired) electrons. The van der Waals surface area contributed by atoms with Crippen molar-refractivity contribution >= 4 is 27.8 Å². The van der Waals surface area contributed by atoms with Crippen LogP contribution in [0.5, 0.6) is 5.75 Å². The first kappa shape index (κ1) is 22.3. The number of nitrogens with zero attached hydrogens (tertiary/aromatic N) is 2. The smallest absolute Gasteiger partial charge is 0.311 e. The average molecular weight is 455 g/mol. The molecule has 5 heteroatoms. The van der Waals surface area contributed by atoms with Crippen LogP contribution in [-0.4, -0.2) is 29.2 Å². The van der Waals surface area contributed by atoms with Crippen LogP contribution < -0.4 is 4.74 Å². The van der Waals surface area contributed by atoms with E-state index in [-0.39, 0.29) is 5.97 Å². The summed E-state index contributed by atoms with van der Waals surface area (Å²) in [6.45, 7) is 10.8. The van der Waals surface area contributed by atoms with E-state index in [1.807, 2.05) is 40.0 Å². The van der Waals surface area contributed by atoms with Gasteiger partial charge in [0.15, 0.2) is 0 Å². The number of aromatic nitrogens is 2. The maximum atomic E-state index is 12.4. The van der Waals surface area contributed by atoms with Gasteiger partial charge in [0.25, 0.3) is 0 Å². The van der Waals surface area contributed by atoms with Gasteiger partial charge in [-0.15, -0.1) is 0 Å². The third kappa shape index (κ3) is 3.89. The average Bonchev–Trinajstić information content (AvgIpc) is 2.79. The maximum Gasteiger partial charge on any atom is 0.311 e. The predicted molar refractivity (Wildman–Crippen MR) is 135 cm³/mol. The van der Waals surface area contributed by atoms with Gasteiger partial charge in [-0.2, -0.15) is 0 Å². The minimum atomic E-state index is -0.525. The Labute approximate surface area is 200 Å². The predicted octanol–water partition coefficient (Wildman–Crippen LogP) is 6.13. The zero-order chi connectivity index (χ0) is 24.0. The van der Waals surface area contributed by atoms with Gasteiger partial charge >= 0.3 is 5.97 Å². The fourth-order valence-electron chi connectivity index (χ4n) is 4.75. The van der Waals surface area contributed by atoms with Crippen molar-refractivity contribution in [3.8, 4) is 16.9 Å². The van der Waals surface area contributed by atoms with Gasteiger partial charge in [-0.3, -0.25) is 14.8 Å². The number of rotatable bonds is 4. The van der Waals surface area contributed by atoms with Crippen LogP contribution in [0, 0.1) is 19.3 Å². The number of carbonyl (C=O) groups excluding carboxylic acids is 1. The summed E-state index contributed by atoms with van der Waals surface area (Å²) in [7, 11) is 0. The lowest BCUT2D eigenvalue weighted by Gasteiger charge is -2.22. The van der Waals surface area contributed by atoms with Crippen molar-refractivity contribution in [3.05, 3.63) is 65.0 Å². The summed E-state index contributed by atoms with van der Waals surface area (Å²) in [6.07, 6.45) is 3.38. The van der Waals surface area contributed by atoms with E-state index in [2.05, 4.69) is 37.3 Å². The molecular weight excluding hydrogens is 424 g/mol. The fourth-order valence-corrected chi connectivity index (χ4v) is 4.75. The lowest BCUT2D eigenvalue weighted by Crippen LogP contribution is -2.24. The molecule has 5 nitrogen and oxygen atoms in total. The van der Waals surface area contributed by atoms with Crippen molar-refractivity contribution in [1.29, 1.82) is 0 Å². The van der Waals surface area contributed by atoms with Crippen molar-refractivity contribution < 1.29 is 14.3 Å². The Morgan fingerprint density at radius 2 is 1.94 bits per heavy atom. The van der Waals surface area contributed by atoms with Crippen LogP contribution in [0.25, 0.3) is 32.9 Å². The molecule has 5 rings (SSSR count). The SMILES string of the molecule is Cc1ccc2c(-c3ccc4c5c(ccnc35)CCO4)c(CCOC(=O)C(C)(C)C)c(C)cc2n1. The third-order valence-corrected chi connectivity index (χ3v) is 6.50. The number of benzene rings is 2. The molecule has 0 atom stereocenters. The molecule has 2 aromatic heterocycles. The molecule has 1 aliphatic rings. The van der Waals surface area contributed by atoms with E-state index in [9.17, 15) is 4.79 Å². The molecule has 0 amide bonds. The van der Waals surface area contributed by atoms with Crippen LogP contribution in [-0.2, 0) is 22.4 Å². The zero-order valence-electron chi connectivity index (χ0n) is 20.5. The first-order valence-electron chi connectivity index (χ1n) is 11.8. The summed E-state index contributed by atoms with van der Waals surface area (Å²) in [5.41, 5.74) is 8.06. The molecule has 0 saturated carbocycles. The molecule has 0 spiro atoms. The Bertz CT molecular complexity index is 1420. The van der Waals surface area contributed by atoms with Gasteiger partial charge in [0.2, 0.25) is 0 Å². The molecule has 0 saturated heterocycles. The molecule has 3 heterocycles. The molecule has 0 N–H and O–H groups in total. The van der Waals surface area contributed by atoms with Crippen LogP contribution in [0.15, 0.2) is 42.6 Å². The number of hydrogen-bond acceptors (Lipinski definition) is 5. The standard InChI is InChI=1S/C29H30N2O3/c1-17-16-23-21(7-6-18(2)31-23)26(20(17)12-15-34-28(32)29(3,4)5)22-8-9-24-25-19(11-14-33-24)10-13-30-27(22)25/h6-10,13,16H,11-12,14-15H2,1-5H3. The first-order valence-corrected chi connectivity index (χ1v) is 11.8. The highest BCUT2D eigenvalue weighted by atomic mass is 16.5. The summed E-state index contributed by atoms with van der Waals surface area (Å²) < 4.78 is 11.6. The van der Waals surface area contributed by atoms with E-state index < -0.39 is 5.41 Å². The number of hydrogen-bond donors (Lipinski definition) is 0. The van der Waals surface area contributed by atoms with Gasteiger partial charge in [-0.05, 0) is 87.2 Å². The van der Waals surface area contributed by atoms with Crippen molar-refractivity contribution in [2.75, 3.05) is 13.2 Å². The molecule has 0 fully saturated rings. The summed E-state index contributed by atoms with van der Waals surface area (Å²) >= 11 is 0. The molecular formula is C29H30N2O3. The number of carbonyl (C=O) groups is 1. The molecule has 174 valence electrons. The Hall–Kier alpha value is -3.47. The highest BCUT2D eigenvalue weighted by molar-refractivity contribution is 6.07. The van der Waals surface area contributed by atoms with Gasteiger partial charge in [0.05, 0.1) is 29.7 Å². The topological polar surface area (TPSA) is 61.3 Å². The lowest BCUT2D eigenvalue weighted by molar-refractivity contribution is -0.152. The van der Waals surface area contributed by atoms with E-state index >= 15 is 0 Å². The first-order chi connectivity index (χ1) is 16.2. The molecule has 0 unspecified atom stereocenters. The van der Waals surface area contributed by atoms with Crippen LogP contribution >= 0.6 is 0 Å². The monoisotopic (exact) mass is 454 g/mol. The van der Waals surface area contributed by atoms with Crippen LogP contribution in [0.1, 0.15) is 43.2 Å². The third-order valence-electron chi connectivity index (χ3n) is 6.50. The zero-order valence-corrected chi connectivity index (χ0v) is 20.5. The van der Waals surface area contributed by atoms with Crippen LogP contribution in [0.2, 0.25) is 0 Å². The number of pyridine rings is 2. The van der Waals surface area contributed by atoms with E-state index in [1.165, 1.54) is 5.56 Å². The van der Waals surface area contributed by atoms with E-state index in [1.54, 1.807) is 0 Å². The van der Waals surface area contributed by atoms with E-state index in [0.29, 0.717) is 19.6 Å². The van der Waals surface area contributed by atoms with E-state index in [0.717, 1.165) is 61.9 Å². The second-order valence-electron chi connectivity index (χ2n) is 10.1. The Morgan fingerprint density at radius 1 is 1.12 bits per heavy atom. The molecule has 34 heavy (non-hydrogen) atoms. The fraction of sp³-hybridized carbons (Fsp3) is 0.345. The quantitative estimate of drug-likeness (QED) is 0.347. The number of ether oxygens (including phenoxy) is 2. The molecule has 2 aromatic carbocycles. The maximum absolute atomic E-state index is 12.4. The summed E-state index contributed by atoms with van der Waals surface area (Å²) in [5, 5.41) is 2.17. The van der Waals surface area contributed by atoms with Gasteiger partial charge < -0.3 is 9.47 Å². The normalized spacial score (nSPS) is 13.2. The van der Waals surface area contributed by atoms with Gasteiger partial charge in [-0.1, -0.05) is 6.07 Å². The molecule has 1 aliphatic heterocycles. The van der Waals surface area contributed by atoms with Gasteiger partial charge in [-0.25, -0.2) is 0 Å². The van der Waals surface area contributed by atoms with E-state index in [4.69, 9.17) is 19.4 Å². The van der Waals surface area contributed by atoms with Crippen molar-refractivity contribution in [3.63, 3.8) is 0 Å². The Kier molecular flexibility index (Phi) is 5.51. The van der Waals surface area contributed by atoms with Crippen molar-refractivity contribution in [1.82, 2.24) is 9.97 Å². The highest BCUT2D eigenvalue weighted by Crippen LogP contribution is 2.42. The van der Waals surface area contributed by atoms with Gasteiger partial charge in [0, 0.05) is 41.1 Å². The molecule has 4 aromatic rings. The summed E-state index contributed by atoms with van der Waals surface area (Å²) in [6, 6.07) is 12.6. The highest BCUT2D eigenvalue weighted by Gasteiger charge is 2.24. The molecule has 0 bridgehead atoms. The lowest BCUT2D eigenvalue weighted by atomic mass is 9.88. The van der Waals surface area contributed by atoms with Gasteiger partial charge in [0.1, 0.15) is 5.75 Å². The second-order valence-corrected chi connectivity index (χ2v) is 10.1. The second kappa shape index (κ2) is 8.39. The van der Waals surface area contributed by atoms with Crippen LogP contribution in [0.3, 0.4) is 0 Å². The van der Waals surface area contributed by atoms with Crippen LogP contribution in [0.4, 0.5) is 0 Å². The summed E-state index contributed by atoms with van der Waals surface area (Å²) in [4.78, 5) is 22.0. The molecule has 0 aliphatic carbocycles. The Balaban J connectivity index is 1.71. The number of esters is 1. The Morgan fingerprint density at radius 3 is 2.74 bits per heavy atom. The number of fused-ring (bicyclic) bond motifs is 1. The summed E-state index contributed by atoms with van der Waals surface area (Å²) in [5.74, 6) is 0.699. The van der Waals surface area contributed by atoms with Crippen molar-refractivity contribution in [2.45, 2.75) is 47.5 Å². The largest absolute Gasteiger partial charge is 0.493 e.